The minimum absolute atomic E-state index is 0.230. The molecule has 0 bridgehead atoms. The van der Waals surface area contributed by atoms with Crippen molar-refractivity contribution in [1.29, 1.82) is 0 Å². The van der Waals surface area contributed by atoms with Crippen molar-refractivity contribution in [2.75, 3.05) is 31.9 Å². The molecule has 1 aliphatic heterocycles. The molecule has 0 unspecified atom stereocenters. The Morgan fingerprint density at radius 1 is 0.724 bits per heavy atom. The molecule has 4 heteroatoms. The van der Waals surface area contributed by atoms with Gasteiger partial charge in [-0.05, 0) is 23.3 Å². The molecule has 29 heavy (non-hydrogen) atoms. The van der Waals surface area contributed by atoms with Crippen molar-refractivity contribution < 1.29 is 4.79 Å². The molecule has 1 saturated heterocycles. The predicted molar refractivity (Wildman–Crippen MR) is 120 cm³/mol. The van der Waals surface area contributed by atoms with Gasteiger partial charge in [-0.1, -0.05) is 78.9 Å². The summed E-state index contributed by atoms with van der Waals surface area (Å²) in [7, 11) is 0. The lowest BCUT2D eigenvalue weighted by Crippen LogP contribution is -2.50. The van der Waals surface area contributed by atoms with Crippen LogP contribution in [0.5, 0.6) is 0 Å². The summed E-state index contributed by atoms with van der Waals surface area (Å²) >= 11 is 1.62. The molecule has 0 radical (unpaired) electrons. The van der Waals surface area contributed by atoms with Gasteiger partial charge in [-0.3, -0.25) is 9.69 Å². The van der Waals surface area contributed by atoms with Gasteiger partial charge < -0.3 is 4.90 Å². The Bertz CT molecular complexity index is 854. The fourth-order valence-electron chi connectivity index (χ4n) is 3.87. The van der Waals surface area contributed by atoms with Crippen molar-refractivity contribution in [2.45, 2.75) is 10.9 Å². The van der Waals surface area contributed by atoms with Crippen molar-refractivity contribution in [2.24, 2.45) is 0 Å². The van der Waals surface area contributed by atoms with Gasteiger partial charge in [0, 0.05) is 31.1 Å². The van der Waals surface area contributed by atoms with Crippen LogP contribution in [0, 0.1) is 0 Å². The van der Waals surface area contributed by atoms with Crippen molar-refractivity contribution in [3.05, 3.63) is 102 Å². The molecular weight excluding hydrogens is 376 g/mol. The van der Waals surface area contributed by atoms with Crippen LogP contribution in [-0.4, -0.2) is 47.6 Å². The zero-order chi connectivity index (χ0) is 19.9. The van der Waals surface area contributed by atoms with Gasteiger partial charge in [0.15, 0.2) is 0 Å². The van der Waals surface area contributed by atoms with Crippen LogP contribution in [0.1, 0.15) is 17.2 Å². The van der Waals surface area contributed by atoms with Gasteiger partial charge in [-0.2, -0.15) is 0 Å². The molecule has 1 amide bonds. The van der Waals surface area contributed by atoms with Crippen LogP contribution in [0.3, 0.4) is 0 Å². The second kappa shape index (κ2) is 9.77. The number of hydrogen-bond acceptors (Lipinski definition) is 3. The minimum atomic E-state index is 0.230. The number of rotatable bonds is 6. The maximum absolute atomic E-state index is 12.7. The third-order valence-electron chi connectivity index (χ3n) is 5.37. The molecule has 0 aliphatic carbocycles. The number of thioether (sulfide) groups is 1. The summed E-state index contributed by atoms with van der Waals surface area (Å²) < 4.78 is 0. The third kappa shape index (κ3) is 5.08. The maximum atomic E-state index is 12.7. The lowest BCUT2D eigenvalue weighted by Gasteiger charge is -2.39. The van der Waals surface area contributed by atoms with Gasteiger partial charge >= 0.3 is 0 Å². The van der Waals surface area contributed by atoms with E-state index in [2.05, 4.69) is 77.7 Å². The van der Waals surface area contributed by atoms with Crippen LogP contribution in [-0.2, 0) is 4.79 Å². The number of benzene rings is 3. The van der Waals surface area contributed by atoms with Crippen molar-refractivity contribution >= 4 is 17.7 Å². The highest BCUT2D eigenvalue weighted by Crippen LogP contribution is 2.29. The highest BCUT2D eigenvalue weighted by atomic mass is 32.2. The molecule has 4 rings (SSSR count). The highest BCUT2D eigenvalue weighted by Gasteiger charge is 2.27. The molecule has 0 spiro atoms. The number of piperazine rings is 1. The first-order chi connectivity index (χ1) is 14.3. The maximum Gasteiger partial charge on any atom is 0.233 e. The zero-order valence-corrected chi connectivity index (χ0v) is 17.3. The molecule has 3 aromatic rings. The van der Waals surface area contributed by atoms with Gasteiger partial charge in [0.05, 0.1) is 11.8 Å². The fraction of sp³-hybridized carbons (Fsp3) is 0.240. The molecular formula is C25H26N2OS. The Kier molecular flexibility index (Phi) is 6.65. The average molecular weight is 403 g/mol. The summed E-state index contributed by atoms with van der Waals surface area (Å²) in [4.78, 5) is 18.3. The van der Waals surface area contributed by atoms with E-state index in [-0.39, 0.29) is 11.9 Å². The number of nitrogens with zero attached hydrogens (tertiary/aromatic N) is 2. The molecule has 148 valence electrons. The Hall–Kier alpha value is -2.56. The Morgan fingerprint density at radius 2 is 1.21 bits per heavy atom. The van der Waals surface area contributed by atoms with Gasteiger partial charge in [-0.25, -0.2) is 0 Å². The van der Waals surface area contributed by atoms with Crippen LogP contribution in [0.25, 0.3) is 0 Å². The molecule has 1 fully saturated rings. The Morgan fingerprint density at radius 3 is 1.72 bits per heavy atom. The van der Waals surface area contributed by atoms with E-state index in [0.717, 1.165) is 31.1 Å². The average Bonchev–Trinajstić information content (AvgIpc) is 2.80. The van der Waals surface area contributed by atoms with Gasteiger partial charge in [-0.15, -0.1) is 11.8 Å². The van der Waals surface area contributed by atoms with Crippen LogP contribution >= 0.6 is 11.8 Å². The number of carbonyl (C=O) groups is 1. The second-order valence-electron chi connectivity index (χ2n) is 7.24. The second-order valence-corrected chi connectivity index (χ2v) is 8.29. The fourth-order valence-corrected chi connectivity index (χ4v) is 4.69. The molecule has 0 N–H and O–H groups in total. The topological polar surface area (TPSA) is 23.6 Å². The summed E-state index contributed by atoms with van der Waals surface area (Å²) in [5.41, 5.74) is 2.61. The largest absolute Gasteiger partial charge is 0.339 e. The summed E-state index contributed by atoms with van der Waals surface area (Å²) in [5, 5.41) is 0. The van der Waals surface area contributed by atoms with Crippen molar-refractivity contribution in [1.82, 2.24) is 9.80 Å². The predicted octanol–water partition coefficient (Wildman–Crippen LogP) is 4.71. The van der Waals surface area contributed by atoms with E-state index >= 15 is 0 Å². The van der Waals surface area contributed by atoms with Crippen LogP contribution in [0.2, 0.25) is 0 Å². The molecule has 0 atom stereocenters. The van der Waals surface area contributed by atoms with E-state index in [9.17, 15) is 4.79 Å². The van der Waals surface area contributed by atoms with Crippen molar-refractivity contribution in [3.63, 3.8) is 0 Å². The summed E-state index contributed by atoms with van der Waals surface area (Å²) in [6.45, 7) is 3.33. The van der Waals surface area contributed by atoms with E-state index in [1.807, 2.05) is 23.1 Å². The van der Waals surface area contributed by atoms with E-state index in [1.165, 1.54) is 11.1 Å². The summed E-state index contributed by atoms with van der Waals surface area (Å²) in [5.74, 6) is 0.736. The number of amides is 1. The van der Waals surface area contributed by atoms with Crippen LogP contribution < -0.4 is 0 Å². The lowest BCUT2D eigenvalue weighted by atomic mass is 9.96. The van der Waals surface area contributed by atoms with Crippen LogP contribution in [0.4, 0.5) is 0 Å². The van der Waals surface area contributed by atoms with E-state index in [1.54, 1.807) is 11.8 Å². The number of hydrogen-bond donors (Lipinski definition) is 0. The summed E-state index contributed by atoms with van der Waals surface area (Å²) in [6.07, 6.45) is 0. The molecule has 0 aromatic heterocycles. The Balaban J connectivity index is 1.40. The molecule has 0 saturated carbocycles. The molecule has 1 aliphatic rings. The van der Waals surface area contributed by atoms with Gasteiger partial charge in [0.2, 0.25) is 5.91 Å². The quantitative estimate of drug-likeness (QED) is 0.558. The first kappa shape index (κ1) is 19.7. The smallest absolute Gasteiger partial charge is 0.233 e. The van der Waals surface area contributed by atoms with E-state index < -0.39 is 0 Å². The van der Waals surface area contributed by atoms with E-state index in [0.29, 0.717) is 5.75 Å². The normalized spacial score (nSPS) is 14.9. The lowest BCUT2D eigenvalue weighted by molar-refractivity contribution is -0.130. The van der Waals surface area contributed by atoms with E-state index in [4.69, 9.17) is 0 Å². The molecule has 3 nitrogen and oxygen atoms in total. The minimum Gasteiger partial charge on any atom is -0.339 e. The molecule has 3 aromatic carbocycles. The Labute approximate surface area is 177 Å². The number of carbonyl (C=O) groups excluding carboxylic acids is 1. The SMILES string of the molecule is O=C(CSc1ccccc1)N1CCN(C(c2ccccc2)c2ccccc2)CC1. The third-order valence-corrected chi connectivity index (χ3v) is 6.37. The first-order valence-corrected chi connectivity index (χ1v) is 11.1. The monoisotopic (exact) mass is 402 g/mol. The summed E-state index contributed by atoms with van der Waals surface area (Å²) in [6, 6.07) is 31.7. The zero-order valence-electron chi connectivity index (χ0n) is 16.5. The van der Waals surface area contributed by atoms with Gasteiger partial charge in [0.25, 0.3) is 0 Å². The highest BCUT2D eigenvalue weighted by molar-refractivity contribution is 8.00. The molecule has 1 heterocycles. The van der Waals surface area contributed by atoms with Gasteiger partial charge in [0.1, 0.15) is 0 Å². The van der Waals surface area contributed by atoms with Crippen LogP contribution in [0.15, 0.2) is 95.9 Å². The first-order valence-electron chi connectivity index (χ1n) is 10.1. The van der Waals surface area contributed by atoms with Crippen molar-refractivity contribution in [3.8, 4) is 0 Å². The standard InChI is InChI=1S/C25H26N2OS/c28-24(20-29-23-14-8-3-9-15-23)26-16-18-27(19-17-26)25(21-10-4-1-5-11-21)22-12-6-2-7-13-22/h1-15,25H,16-20H2.